The van der Waals surface area contributed by atoms with Crippen LogP contribution in [0.3, 0.4) is 0 Å². The highest BCUT2D eigenvalue weighted by atomic mass is 32.1. The van der Waals surface area contributed by atoms with Crippen LogP contribution >= 0.6 is 11.3 Å². The lowest BCUT2D eigenvalue weighted by molar-refractivity contribution is 0.0657. The summed E-state index contributed by atoms with van der Waals surface area (Å²) in [5.74, 6) is 5.92. The van der Waals surface area contributed by atoms with Gasteiger partial charge in [-0.1, -0.05) is 11.8 Å². The van der Waals surface area contributed by atoms with Crippen molar-refractivity contribution in [1.29, 1.82) is 0 Å². The van der Waals surface area contributed by atoms with Crippen LogP contribution in [0.5, 0.6) is 0 Å². The van der Waals surface area contributed by atoms with Crippen LogP contribution in [0.2, 0.25) is 0 Å². The smallest absolute Gasteiger partial charge is 0.263 e. The second-order valence-corrected chi connectivity index (χ2v) is 5.52. The largest absolute Gasteiger partial charge is 0.395 e. The lowest BCUT2D eigenvalue weighted by Crippen LogP contribution is -2.40. The number of nitrogens with zero attached hydrogens (tertiary/aromatic N) is 1. The molecule has 1 aliphatic carbocycles. The number of hydrogen-bond acceptors (Lipinski definition) is 3. The highest BCUT2D eigenvalue weighted by molar-refractivity contribution is 7.14. The van der Waals surface area contributed by atoms with Gasteiger partial charge in [-0.25, -0.2) is 0 Å². The van der Waals surface area contributed by atoms with Crippen molar-refractivity contribution in [3.05, 3.63) is 21.9 Å². The molecule has 18 heavy (non-hydrogen) atoms. The fourth-order valence-corrected chi connectivity index (χ4v) is 2.70. The maximum absolute atomic E-state index is 12.2. The first kappa shape index (κ1) is 13.1. The van der Waals surface area contributed by atoms with Gasteiger partial charge in [0.2, 0.25) is 0 Å². The molecule has 0 atom stereocenters. The standard InChI is InChI=1S/C14H17NO2S/c1-15(11-5-4-6-11)14(17)13-9-8-12(18-13)7-2-3-10-16/h8-9,11,16H,3-6,10H2,1H3. The lowest BCUT2D eigenvalue weighted by Gasteiger charge is -2.34. The average molecular weight is 263 g/mol. The number of carbonyl (C=O) groups excluding carboxylic acids is 1. The predicted octanol–water partition coefficient (Wildman–Crippen LogP) is 2.11. The van der Waals surface area contributed by atoms with Crippen LogP contribution in [-0.2, 0) is 0 Å². The van der Waals surface area contributed by atoms with E-state index >= 15 is 0 Å². The molecular formula is C14H17NO2S. The van der Waals surface area contributed by atoms with E-state index in [0.717, 1.165) is 22.6 Å². The molecule has 1 aromatic heterocycles. The number of carbonyl (C=O) groups is 1. The zero-order valence-corrected chi connectivity index (χ0v) is 11.3. The van der Waals surface area contributed by atoms with E-state index in [1.165, 1.54) is 17.8 Å². The molecular weight excluding hydrogens is 246 g/mol. The molecule has 4 heteroatoms. The summed E-state index contributed by atoms with van der Waals surface area (Å²) in [5.41, 5.74) is 0. The zero-order valence-electron chi connectivity index (χ0n) is 10.5. The van der Waals surface area contributed by atoms with Crippen molar-refractivity contribution in [2.45, 2.75) is 31.7 Å². The Hall–Kier alpha value is -1.31. The Labute approximate surface area is 111 Å². The zero-order chi connectivity index (χ0) is 13.0. The fraction of sp³-hybridized carbons (Fsp3) is 0.500. The second-order valence-electron chi connectivity index (χ2n) is 4.44. The molecule has 0 aromatic carbocycles. The van der Waals surface area contributed by atoms with Gasteiger partial charge in [-0.15, -0.1) is 11.3 Å². The number of amides is 1. The fourth-order valence-electron chi connectivity index (χ4n) is 1.84. The number of hydrogen-bond donors (Lipinski definition) is 1. The van der Waals surface area contributed by atoms with E-state index in [-0.39, 0.29) is 12.5 Å². The Morgan fingerprint density at radius 3 is 2.94 bits per heavy atom. The Bertz CT molecular complexity index is 479. The van der Waals surface area contributed by atoms with E-state index in [2.05, 4.69) is 11.8 Å². The molecule has 1 aliphatic rings. The lowest BCUT2D eigenvalue weighted by atomic mass is 9.92. The van der Waals surface area contributed by atoms with Crippen LogP contribution in [0.1, 0.15) is 40.2 Å². The van der Waals surface area contributed by atoms with Gasteiger partial charge in [-0.2, -0.15) is 0 Å². The van der Waals surface area contributed by atoms with Crippen LogP contribution in [0.15, 0.2) is 12.1 Å². The second kappa shape index (κ2) is 6.03. The summed E-state index contributed by atoms with van der Waals surface area (Å²) < 4.78 is 0. The van der Waals surface area contributed by atoms with Crippen molar-refractivity contribution in [3.63, 3.8) is 0 Å². The first-order valence-electron chi connectivity index (χ1n) is 6.19. The van der Waals surface area contributed by atoms with E-state index < -0.39 is 0 Å². The summed E-state index contributed by atoms with van der Waals surface area (Å²) in [5, 5.41) is 8.65. The van der Waals surface area contributed by atoms with Gasteiger partial charge >= 0.3 is 0 Å². The van der Waals surface area contributed by atoms with E-state index in [4.69, 9.17) is 5.11 Å². The van der Waals surface area contributed by atoms with Gasteiger partial charge in [0, 0.05) is 19.5 Å². The number of rotatable bonds is 3. The van der Waals surface area contributed by atoms with Gasteiger partial charge < -0.3 is 10.0 Å². The Kier molecular flexibility index (Phi) is 4.40. The predicted molar refractivity (Wildman–Crippen MR) is 72.6 cm³/mol. The van der Waals surface area contributed by atoms with Gasteiger partial charge in [0.05, 0.1) is 16.4 Å². The minimum Gasteiger partial charge on any atom is -0.395 e. The molecule has 3 nitrogen and oxygen atoms in total. The van der Waals surface area contributed by atoms with Gasteiger partial charge in [-0.3, -0.25) is 4.79 Å². The Balaban J connectivity index is 2.01. The van der Waals surface area contributed by atoms with Gasteiger partial charge in [0.1, 0.15) is 0 Å². The van der Waals surface area contributed by atoms with E-state index in [0.29, 0.717) is 12.5 Å². The van der Waals surface area contributed by atoms with E-state index in [1.54, 1.807) is 0 Å². The first-order valence-corrected chi connectivity index (χ1v) is 7.00. The van der Waals surface area contributed by atoms with E-state index in [9.17, 15) is 4.79 Å². The third-order valence-electron chi connectivity index (χ3n) is 3.21. The van der Waals surface area contributed by atoms with Crippen molar-refractivity contribution >= 4 is 17.2 Å². The van der Waals surface area contributed by atoms with Gasteiger partial charge in [-0.05, 0) is 31.4 Å². The number of aliphatic hydroxyl groups is 1. The molecule has 1 heterocycles. The van der Waals surface area contributed by atoms with Crippen LogP contribution < -0.4 is 0 Å². The van der Waals surface area contributed by atoms with Crippen LogP contribution in [0.4, 0.5) is 0 Å². The topological polar surface area (TPSA) is 40.5 Å². The SMILES string of the molecule is CN(C(=O)c1ccc(C#CCCO)s1)C1CCC1. The van der Waals surface area contributed by atoms with Crippen LogP contribution in [-0.4, -0.2) is 35.6 Å². The highest BCUT2D eigenvalue weighted by Crippen LogP contribution is 2.26. The molecule has 1 aromatic rings. The molecule has 96 valence electrons. The van der Waals surface area contributed by atoms with E-state index in [1.807, 2.05) is 24.1 Å². The molecule has 0 unspecified atom stereocenters. The maximum atomic E-state index is 12.2. The maximum Gasteiger partial charge on any atom is 0.263 e. The minimum atomic E-state index is 0.0780. The minimum absolute atomic E-state index is 0.0780. The molecule has 1 fully saturated rings. The summed E-state index contributed by atoms with van der Waals surface area (Å²) >= 11 is 1.43. The van der Waals surface area contributed by atoms with Crippen molar-refractivity contribution < 1.29 is 9.90 Å². The summed E-state index contributed by atoms with van der Waals surface area (Å²) in [4.78, 5) is 15.6. The third-order valence-corrected chi connectivity index (χ3v) is 4.20. The molecule has 0 saturated heterocycles. The summed E-state index contributed by atoms with van der Waals surface area (Å²) in [6.45, 7) is 0.0780. The average Bonchev–Trinajstić information content (AvgIpc) is 2.75. The summed E-state index contributed by atoms with van der Waals surface area (Å²) in [7, 11) is 1.88. The van der Waals surface area contributed by atoms with Crippen LogP contribution in [0.25, 0.3) is 0 Å². The molecule has 1 saturated carbocycles. The Morgan fingerprint density at radius 1 is 1.56 bits per heavy atom. The van der Waals surface area contributed by atoms with Crippen molar-refractivity contribution in [2.75, 3.05) is 13.7 Å². The first-order chi connectivity index (χ1) is 8.72. The number of thiophene rings is 1. The normalized spacial score (nSPS) is 14.6. The third kappa shape index (κ3) is 2.92. The summed E-state index contributed by atoms with van der Waals surface area (Å²) in [6, 6.07) is 4.13. The molecule has 0 spiro atoms. The molecule has 2 rings (SSSR count). The molecule has 0 radical (unpaired) electrons. The monoisotopic (exact) mass is 263 g/mol. The number of aliphatic hydroxyl groups excluding tert-OH is 1. The molecule has 1 amide bonds. The van der Waals surface area contributed by atoms with Crippen molar-refractivity contribution in [2.24, 2.45) is 0 Å². The van der Waals surface area contributed by atoms with Crippen LogP contribution in [0, 0.1) is 11.8 Å². The van der Waals surface area contributed by atoms with Gasteiger partial charge in [0.15, 0.2) is 0 Å². The molecule has 0 bridgehead atoms. The van der Waals surface area contributed by atoms with Crippen molar-refractivity contribution in [3.8, 4) is 11.8 Å². The Morgan fingerprint density at radius 2 is 2.33 bits per heavy atom. The molecule has 0 aliphatic heterocycles. The quantitative estimate of drug-likeness (QED) is 0.848. The summed E-state index contributed by atoms with van der Waals surface area (Å²) in [6.07, 6.45) is 3.95. The van der Waals surface area contributed by atoms with Gasteiger partial charge in [0.25, 0.3) is 5.91 Å². The molecule has 1 N–H and O–H groups in total. The van der Waals surface area contributed by atoms with Crippen molar-refractivity contribution in [1.82, 2.24) is 4.90 Å². The highest BCUT2D eigenvalue weighted by Gasteiger charge is 2.26.